The average molecular weight is 286 g/mol. The third-order valence-electron chi connectivity index (χ3n) is 4.19. The molecule has 0 atom stereocenters. The fraction of sp³-hybridized carbons (Fsp3) is 0.500. The number of nitrogens with zero attached hydrogens (tertiary/aromatic N) is 1. The molecule has 1 N–H and O–H groups in total. The molecule has 2 aromatic rings. The van der Waals surface area contributed by atoms with Gasteiger partial charge in [0, 0.05) is 18.1 Å². The third kappa shape index (κ3) is 3.66. The van der Waals surface area contributed by atoms with Crippen LogP contribution in [0.25, 0.3) is 10.8 Å². The van der Waals surface area contributed by atoms with Gasteiger partial charge in [-0.25, -0.2) is 4.98 Å². The highest BCUT2D eigenvalue weighted by atomic mass is 16.5. The van der Waals surface area contributed by atoms with Gasteiger partial charge in [-0.1, -0.05) is 33.8 Å². The van der Waals surface area contributed by atoms with Crippen molar-refractivity contribution in [2.75, 3.05) is 19.0 Å². The molecule has 0 saturated heterocycles. The molecule has 3 nitrogen and oxygen atoms in total. The summed E-state index contributed by atoms with van der Waals surface area (Å²) in [6.07, 6.45) is 1.86. The first kappa shape index (κ1) is 15.6. The summed E-state index contributed by atoms with van der Waals surface area (Å²) < 4.78 is 5.32. The SMILES string of the molecule is COc1ccc2ccnc(NCC(C(C)C)C(C)C)c2c1. The molecule has 0 saturated carbocycles. The van der Waals surface area contributed by atoms with Crippen molar-refractivity contribution in [3.63, 3.8) is 0 Å². The molecule has 0 radical (unpaired) electrons. The Morgan fingerprint density at radius 2 is 1.81 bits per heavy atom. The quantitative estimate of drug-likeness (QED) is 0.843. The van der Waals surface area contributed by atoms with Crippen molar-refractivity contribution in [2.24, 2.45) is 17.8 Å². The van der Waals surface area contributed by atoms with Gasteiger partial charge in [0.05, 0.1) is 7.11 Å². The molecule has 0 amide bonds. The highest BCUT2D eigenvalue weighted by molar-refractivity contribution is 5.92. The van der Waals surface area contributed by atoms with Gasteiger partial charge >= 0.3 is 0 Å². The molecular formula is C18H26N2O. The summed E-state index contributed by atoms with van der Waals surface area (Å²) in [6.45, 7) is 10.1. The summed E-state index contributed by atoms with van der Waals surface area (Å²) in [7, 11) is 1.69. The molecule has 21 heavy (non-hydrogen) atoms. The van der Waals surface area contributed by atoms with Crippen molar-refractivity contribution < 1.29 is 4.74 Å². The smallest absolute Gasteiger partial charge is 0.133 e. The van der Waals surface area contributed by atoms with Crippen molar-refractivity contribution >= 4 is 16.6 Å². The van der Waals surface area contributed by atoms with E-state index in [0.717, 1.165) is 23.5 Å². The molecule has 1 aromatic carbocycles. The molecule has 0 aliphatic heterocycles. The second-order valence-corrected chi connectivity index (χ2v) is 6.28. The van der Waals surface area contributed by atoms with Gasteiger partial charge in [0.25, 0.3) is 0 Å². The second-order valence-electron chi connectivity index (χ2n) is 6.28. The Balaban J connectivity index is 2.25. The fourth-order valence-corrected chi connectivity index (χ4v) is 2.87. The van der Waals surface area contributed by atoms with Gasteiger partial charge in [0.15, 0.2) is 0 Å². The van der Waals surface area contributed by atoms with Crippen LogP contribution in [0.15, 0.2) is 30.5 Å². The van der Waals surface area contributed by atoms with Crippen molar-refractivity contribution in [2.45, 2.75) is 27.7 Å². The summed E-state index contributed by atoms with van der Waals surface area (Å²) in [4.78, 5) is 4.51. The maximum absolute atomic E-state index is 5.32. The van der Waals surface area contributed by atoms with Crippen LogP contribution in [0, 0.1) is 17.8 Å². The van der Waals surface area contributed by atoms with E-state index in [1.807, 2.05) is 24.4 Å². The number of anilines is 1. The predicted molar refractivity (Wildman–Crippen MR) is 90.0 cm³/mol. The first-order chi connectivity index (χ1) is 10.0. The lowest BCUT2D eigenvalue weighted by Crippen LogP contribution is -2.24. The zero-order valence-electron chi connectivity index (χ0n) is 13.7. The molecule has 1 heterocycles. The molecule has 0 spiro atoms. The molecule has 2 rings (SSSR count). The molecule has 3 heteroatoms. The largest absolute Gasteiger partial charge is 0.497 e. The number of pyridine rings is 1. The Kier molecular flexibility index (Phi) is 5.05. The van der Waals surface area contributed by atoms with E-state index in [4.69, 9.17) is 4.74 Å². The highest BCUT2D eigenvalue weighted by Crippen LogP contribution is 2.27. The van der Waals surface area contributed by atoms with Crippen LogP contribution in [0.2, 0.25) is 0 Å². The van der Waals surface area contributed by atoms with E-state index in [1.54, 1.807) is 7.11 Å². The molecule has 0 fully saturated rings. The molecular weight excluding hydrogens is 260 g/mol. The van der Waals surface area contributed by atoms with E-state index in [0.29, 0.717) is 17.8 Å². The predicted octanol–water partition coefficient (Wildman–Crippen LogP) is 4.58. The van der Waals surface area contributed by atoms with E-state index in [1.165, 1.54) is 5.39 Å². The summed E-state index contributed by atoms with van der Waals surface area (Å²) in [5, 5.41) is 5.83. The Morgan fingerprint density at radius 3 is 2.43 bits per heavy atom. The van der Waals surface area contributed by atoms with Gasteiger partial charge in [-0.15, -0.1) is 0 Å². The molecule has 1 aromatic heterocycles. The first-order valence-electron chi connectivity index (χ1n) is 7.69. The van der Waals surface area contributed by atoms with Crippen LogP contribution in [0.3, 0.4) is 0 Å². The zero-order valence-corrected chi connectivity index (χ0v) is 13.7. The minimum absolute atomic E-state index is 0.632. The Hall–Kier alpha value is -1.77. The molecule has 114 valence electrons. The fourth-order valence-electron chi connectivity index (χ4n) is 2.87. The van der Waals surface area contributed by atoms with Gasteiger partial charge in [-0.2, -0.15) is 0 Å². The lowest BCUT2D eigenvalue weighted by molar-refractivity contribution is 0.304. The number of benzene rings is 1. The van der Waals surface area contributed by atoms with Gasteiger partial charge < -0.3 is 10.1 Å². The number of aromatic nitrogens is 1. The monoisotopic (exact) mass is 286 g/mol. The maximum Gasteiger partial charge on any atom is 0.133 e. The van der Waals surface area contributed by atoms with E-state index in [-0.39, 0.29) is 0 Å². The van der Waals surface area contributed by atoms with Crippen molar-refractivity contribution in [1.29, 1.82) is 0 Å². The summed E-state index contributed by atoms with van der Waals surface area (Å²) in [6, 6.07) is 8.13. The maximum atomic E-state index is 5.32. The topological polar surface area (TPSA) is 34.1 Å². The van der Waals surface area contributed by atoms with E-state index < -0.39 is 0 Å². The van der Waals surface area contributed by atoms with Crippen molar-refractivity contribution in [3.8, 4) is 5.75 Å². The number of hydrogen-bond acceptors (Lipinski definition) is 3. The van der Waals surface area contributed by atoms with Gasteiger partial charge in [-0.05, 0) is 41.3 Å². The lowest BCUT2D eigenvalue weighted by atomic mass is 9.85. The lowest BCUT2D eigenvalue weighted by Gasteiger charge is -2.25. The number of rotatable bonds is 6. The summed E-state index contributed by atoms with van der Waals surface area (Å²) in [5.41, 5.74) is 0. The van der Waals surface area contributed by atoms with Gasteiger partial charge in [-0.3, -0.25) is 0 Å². The normalized spacial score (nSPS) is 11.6. The van der Waals surface area contributed by atoms with Crippen LogP contribution in [0.5, 0.6) is 5.75 Å². The Bertz CT molecular complexity index is 585. The molecule has 0 aliphatic carbocycles. The minimum atomic E-state index is 0.632. The van der Waals surface area contributed by atoms with E-state index in [2.05, 4.69) is 44.1 Å². The van der Waals surface area contributed by atoms with Crippen LogP contribution in [-0.4, -0.2) is 18.6 Å². The van der Waals surface area contributed by atoms with Crippen LogP contribution in [0.1, 0.15) is 27.7 Å². The van der Waals surface area contributed by atoms with Crippen molar-refractivity contribution in [3.05, 3.63) is 30.5 Å². The second kappa shape index (κ2) is 6.79. The van der Waals surface area contributed by atoms with Crippen LogP contribution < -0.4 is 10.1 Å². The van der Waals surface area contributed by atoms with Crippen LogP contribution in [0.4, 0.5) is 5.82 Å². The minimum Gasteiger partial charge on any atom is -0.497 e. The van der Waals surface area contributed by atoms with E-state index in [9.17, 15) is 0 Å². The first-order valence-corrected chi connectivity index (χ1v) is 7.69. The molecule has 0 aliphatic rings. The third-order valence-corrected chi connectivity index (χ3v) is 4.19. The van der Waals surface area contributed by atoms with E-state index >= 15 is 0 Å². The summed E-state index contributed by atoms with van der Waals surface area (Å²) >= 11 is 0. The van der Waals surface area contributed by atoms with Crippen molar-refractivity contribution in [1.82, 2.24) is 4.98 Å². The average Bonchev–Trinajstić information content (AvgIpc) is 2.46. The standard InChI is InChI=1S/C18H26N2O/c1-12(2)17(13(3)4)11-20-18-16-10-15(21-5)7-6-14(16)8-9-19-18/h6-10,12-13,17H,11H2,1-5H3,(H,19,20). The summed E-state index contributed by atoms with van der Waals surface area (Å²) in [5.74, 6) is 3.75. The van der Waals surface area contributed by atoms with Crippen LogP contribution >= 0.6 is 0 Å². The van der Waals surface area contributed by atoms with Gasteiger partial charge in [0.1, 0.15) is 11.6 Å². The number of fused-ring (bicyclic) bond motifs is 1. The zero-order chi connectivity index (χ0) is 15.4. The highest BCUT2D eigenvalue weighted by Gasteiger charge is 2.17. The number of hydrogen-bond donors (Lipinski definition) is 1. The number of methoxy groups -OCH3 is 1. The number of nitrogens with one attached hydrogen (secondary N) is 1. The van der Waals surface area contributed by atoms with Crippen LogP contribution in [-0.2, 0) is 0 Å². The number of ether oxygens (including phenoxy) is 1. The molecule has 0 unspecified atom stereocenters. The Morgan fingerprint density at radius 1 is 1.10 bits per heavy atom. The molecule has 0 bridgehead atoms. The van der Waals surface area contributed by atoms with Gasteiger partial charge in [0.2, 0.25) is 0 Å². The Labute approximate surface area is 127 Å².